The summed E-state index contributed by atoms with van der Waals surface area (Å²) in [6.45, 7) is 15.9. The summed E-state index contributed by atoms with van der Waals surface area (Å²) in [5.74, 6) is 1.11. The van der Waals surface area contributed by atoms with Gasteiger partial charge >= 0.3 is 6.09 Å². The van der Waals surface area contributed by atoms with Gasteiger partial charge in [-0.2, -0.15) is 0 Å². The van der Waals surface area contributed by atoms with Crippen molar-refractivity contribution in [3.8, 4) is 0 Å². The van der Waals surface area contributed by atoms with Crippen LogP contribution < -0.4 is 10.2 Å². The molecule has 0 bridgehead atoms. The molecule has 2 aliphatic heterocycles. The molecule has 0 radical (unpaired) electrons. The van der Waals surface area contributed by atoms with E-state index < -0.39 is 5.60 Å². The summed E-state index contributed by atoms with van der Waals surface area (Å²) in [6.07, 6.45) is 3.17. The van der Waals surface area contributed by atoms with E-state index in [0.29, 0.717) is 18.4 Å². The Bertz CT molecular complexity index is 1090. The summed E-state index contributed by atoms with van der Waals surface area (Å²) in [5, 5.41) is 2.85. The van der Waals surface area contributed by atoms with Crippen LogP contribution in [0.25, 0.3) is 0 Å². The third-order valence-corrected chi connectivity index (χ3v) is 7.39. The number of nitrogens with zero attached hydrogens (tertiary/aromatic N) is 3. The van der Waals surface area contributed by atoms with E-state index in [1.54, 1.807) is 6.20 Å². The molecule has 36 heavy (non-hydrogen) atoms. The molecule has 2 atom stereocenters. The van der Waals surface area contributed by atoms with Crippen LogP contribution in [0.15, 0.2) is 30.5 Å². The highest BCUT2D eigenvalue weighted by Crippen LogP contribution is 2.36. The van der Waals surface area contributed by atoms with Gasteiger partial charge in [0.1, 0.15) is 5.60 Å². The number of carbonyl (C=O) groups is 2. The first-order chi connectivity index (χ1) is 17.0. The number of benzene rings is 1. The summed E-state index contributed by atoms with van der Waals surface area (Å²) in [6, 6.07) is 8.45. The fraction of sp³-hybridized carbons (Fsp3) is 0.552. The molecule has 7 nitrogen and oxygen atoms in total. The maximum Gasteiger partial charge on any atom is 0.407 e. The molecule has 1 aromatic carbocycles. The maximum absolute atomic E-state index is 13.2. The van der Waals surface area contributed by atoms with Crippen molar-refractivity contribution in [2.75, 3.05) is 37.6 Å². The van der Waals surface area contributed by atoms with Crippen molar-refractivity contribution in [3.05, 3.63) is 58.4 Å². The van der Waals surface area contributed by atoms with Crippen LogP contribution in [0, 0.1) is 32.6 Å². The third kappa shape index (κ3) is 5.82. The minimum absolute atomic E-state index is 0.122. The van der Waals surface area contributed by atoms with Gasteiger partial charge in [-0.1, -0.05) is 12.1 Å². The number of nitrogens with one attached hydrogen (secondary N) is 1. The van der Waals surface area contributed by atoms with Crippen LogP contribution in [0.1, 0.15) is 59.9 Å². The van der Waals surface area contributed by atoms with Crippen LogP contribution in [-0.4, -0.2) is 60.2 Å². The summed E-state index contributed by atoms with van der Waals surface area (Å²) in [5.41, 5.74) is 6.01. The van der Waals surface area contributed by atoms with Crippen LogP contribution in [-0.2, 0) is 11.2 Å². The molecule has 0 saturated carbocycles. The SMILES string of the molecule is Cc1ccnc(C)c1C(=O)N1CC2CN(c3cccc(CCCNC(=O)OC(C)(C)C)c3C)CC2C1. The molecular formula is C29H40N4O3. The van der Waals surface area contributed by atoms with E-state index in [0.717, 1.165) is 55.8 Å². The number of fused-ring (bicyclic) bond motifs is 1. The minimum atomic E-state index is -0.482. The Labute approximate surface area is 215 Å². The molecule has 0 spiro atoms. The largest absolute Gasteiger partial charge is 0.444 e. The van der Waals surface area contributed by atoms with E-state index in [9.17, 15) is 9.59 Å². The highest BCUT2D eigenvalue weighted by molar-refractivity contribution is 5.96. The zero-order valence-corrected chi connectivity index (χ0v) is 22.6. The Morgan fingerprint density at radius 2 is 1.75 bits per heavy atom. The number of pyridine rings is 1. The smallest absolute Gasteiger partial charge is 0.407 e. The summed E-state index contributed by atoms with van der Waals surface area (Å²) >= 11 is 0. The van der Waals surface area contributed by atoms with Crippen LogP contribution in [0.3, 0.4) is 0 Å². The van der Waals surface area contributed by atoms with Gasteiger partial charge in [0.15, 0.2) is 0 Å². The molecular weight excluding hydrogens is 452 g/mol. The van der Waals surface area contributed by atoms with Crippen LogP contribution >= 0.6 is 0 Å². The first kappa shape index (κ1) is 26.0. The van der Waals surface area contributed by atoms with E-state index in [1.165, 1.54) is 16.8 Å². The molecule has 1 N–H and O–H groups in total. The predicted octanol–water partition coefficient (Wildman–Crippen LogP) is 4.67. The zero-order chi connectivity index (χ0) is 26.0. The lowest BCUT2D eigenvalue weighted by Crippen LogP contribution is -2.34. The summed E-state index contributed by atoms with van der Waals surface area (Å²) < 4.78 is 5.31. The lowest BCUT2D eigenvalue weighted by atomic mass is 10.0. The average Bonchev–Trinajstić information content (AvgIpc) is 3.36. The molecule has 2 saturated heterocycles. The fourth-order valence-corrected chi connectivity index (χ4v) is 5.60. The molecule has 2 amide bonds. The van der Waals surface area contributed by atoms with Crippen molar-refractivity contribution in [2.45, 2.75) is 60.0 Å². The Morgan fingerprint density at radius 1 is 1.06 bits per heavy atom. The lowest BCUT2D eigenvalue weighted by Gasteiger charge is -2.26. The van der Waals surface area contributed by atoms with Gasteiger partial charge in [0.05, 0.1) is 11.3 Å². The van der Waals surface area contributed by atoms with Gasteiger partial charge in [-0.05, 0) is 83.2 Å². The minimum Gasteiger partial charge on any atom is -0.444 e. The Balaban J connectivity index is 1.32. The van der Waals surface area contributed by atoms with Crippen LogP contribution in [0.2, 0.25) is 0 Å². The highest BCUT2D eigenvalue weighted by Gasteiger charge is 2.42. The lowest BCUT2D eigenvalue weighted by molar-refractivity contribution is 0.0527. The van der Waals surface area contributed by atoms with E-state index >= 15 is 0 Å². The van der Waals surface area contributed by atoms with Crippen molar-refractivity contribution in [3.63, 3.8) is 0 Å². The number of anilines is 1. The molecule has 194 valence electrons. The molecule has 4 rings (SSSR count). The molecule has 2 fully saturated rings. The number of aryl methyl sites for hydroxylation is 3. The fourth-order valence-electron chi connectivity index (χ4n) is 5.60. The number of likely N-dealkylation sites (tertiary alicyclic amines) is 1. The Morgan fingerprint density at radius 3 is 2.39 bits per heavy atom. The van der Waals surface area contributed by atoms with E-state index in [2.05, 4.69) is 40.3 Å². The van der Waals surface area contributed by atoms with Crippen molar-refractivity contribution < 1.29 is 14.3 Å². The molecule has 2 unspecified atom stereocenters. The second kappa shape index (κ2) is 10.5. The quantitative estimate of drug-likeness (QED) is 0.593. The highest BCUT2D eigenvalue weighted by atomic mass is 16.6. The number of hydrogen-bond donors (Lipinski definition) is 1. The third-order valence-electron chi connectivity index (χ3n) is 7.39. The summed E-state index contributed by atoms with van der Waals surface area (Å²) in [7, 11) is 0. The number of hydrogen-bond acceptors (Lipinski definition) is 5. The number of amides is 2. The monoisotopic (exact) mass is 492 g/mol. The van der Waals surface area contributed by atoms with Gasteiger partial charge in [0.2, 0.25) is 0 Å². The molecule has 2 aromatic rings. The van der Waals surface area contributed by atoms with Gasteiger partial charge in [0.25, 0.3) is 5.91 Å². The van der Waals surface area contributed by atoms with Crippen molar-refractivity contribution in [1.29, 1.82) is 0 Å². The average molecular weight is 493 g/mol. The van der Waals surface area contributed by atoms with Gasteiger partial charge in [-0.3, -0.25) is 9.78 Å². The van der Waals surface area contributed by atoms with E-state index in [4.69, 9.17) is 4.74 Å². The molecule has 3 heterocycles. The Kier molecular flexibility index (Phi) is 7.57. The predicted molar refractivity (Wildman–Crippen MR) is 143 cm³/mol. The van der Waals surface area contributed by atoms with E-state index in [1.807, 2.05) is 45.6 Å². The topological polar surface area (TPSA) is 74.8 Å². The van der Waals surface area contributed by atoms with E-state index in [-0.39, 0.29) is 12.0 Å². The number of carbonyl (C=O) groups excluding carboxylic acids is 2. The number of rotatable bonds is 6. The standard InChI is InChI=1S/C29H40N4O3/c1-19-12-14-30-21(3)26(19)27(34)33-17-23-15-32(16-24(23)18-33)25-11-7-9-22(20(25)2)10-8-13-31-28(35)36-29(4,5)6/h7,9,11-12,14,23-24H,8,10,13,15-18H2,1-6H3,(H,31,35). The van der Waals surface area contributed by atoms with Crippen molar-refractivity contribution >= 4 is 17.7 Å². The summed E-state index contributed by atoms with van der Waals surface area (Å²) in [4.78, 5) is 34.0. The van der Waals surface area contributed by atoms with Crippen molar-refractivity contribution in [1.82, 2.24) is 15.2 Å². The molecule has 1 aromatic heterocycles. The molecule has 2 aliphatic rings. The van der Waals surface area contributed by atoms with Gasteiger partial charge in [-0.25, -0.2) is 4.79 Å². The van der Waals surface area contributed by atoms with Gasteiger partial charge in [0, 0.05) is 56.4 Å². The maximum atomic E-state index is 13.2. The number of ether oxygens (including phenoxy) is 1. The van der Waals surface area contributed by atoms with Gasteiger partial charge < -0.3 is 19.9 Å². The second-order valence-corrected chi connectivity index (χ2v) is 11.3. The first-order valence-corrected chi connectivity index (χ1v) is 13.0. The molecule has 0 aliphatic carbocycles. The van der Waals surface area contributed by atoms with Crippen molar-refractivity contribution in [2.24, 2.45) is 11.8 Å². The second-order valence-electron chi connectivity index (χ2n) is 11.3. The first-order valence-electron chi connectivity index (χ1n) is 13.0. The molecule has 7 heteroatoms. The van der Waals surface area contributed by atoms with Gasteiger partial charge in [-0.15, -0.1) is 0 Å². The normalized spacial score (nSPS) is 19.4. The van der Waals surface area contributed by atoms with Crippen LogP contribution in [0.4, 0.5) is 10.5 Å². The number of aromatic nitrogens is 1. The Hall–Kier alpha value is -3.09. The number of alkyl carbamates (subject to hydrolysis) is 1. The van der Waals surface area contributed by atoms with Crippen LogP contribution in [0.5, 0.6) is 0 Å². The zero-order valence-electron chi connectivity index (χ0n) is 22.6.